The maximum absolute atomic E-state index is 11.6. The van der Waals surface area contributed by atoms with E-state index in [1.807, 2.05) is 0 Å². The third-order valence-corrected chi connectivity index (χ3v) is 2.96. The van der Waals surface area contributed by atoms with Crippen LogP contribution < -0.4 is 5.32 Å². The van der Waals surface area contributed by atoms with Crippen LogP contribution in [0.15, 0.2) is 0 Å². The summed E-state index contributed by atoms with van der Waals surface area (Å²) in [4.78, 5) is 24.3. The number of aliphatic carboxylic acids is 1. The van der Waals surface area contributed by atoms with E-state index in [9.17, 15) is 9.59 Å². The smallest absolute Gasteiger partial charge is 0.310 e. The number of hydrogen-bond donors (Lipinski definition) is 2. The number of carbonyl (C=O) groups excluding carboxylic acids is 1. The maximum Gasteiger partial charge on any atom is 0.310 e. The number of carboxylic acids is 1. The zero-order valence-electron chi connectivity index (χ0n) is 10.7. The van der Waals surface area contributed by atoms with Gasteiger partial charge in [0.1, 0.15) is 0 Å². The van der Waals surface area contributed by atoms with E-state index in [1.54, 1.807) is 19.1 Å². The molecule has 1 rings (SSSR count). The Morgan fingerprint density at radius 1 is 1.50 bits per heavy atom. The number of rotatable bonds is 7. The van der Waals surface area contributed by atoms with E-state index in [1.165, 1.54) is 0 Å². The molecule has 1 aliphatic rings. The number of likely N-dealkylation sites (N-methyl/N-ethyl adjacent to an activating group) is 1. The number of hydrogen-bond acceptors (Lipinski definition) is 5. The Hall–Kier alpha value is -1.18. The highest BCUT2D eigenvalue weighted by Gasteiger charge is 2.37. The highest BCUT2D eigenvalue weighted by atomic mass is 16.5. The third-order valence-electron chi connectivity index (χ3n) is 2.96. The molecular weight excluding hydrogens is 240 g/mol. The molecule has 1 heterocycles. The summed E-state index contributed by atoms with van der Waals surface area (Å²) in [5.74, 6) is -1.60. The lowest BCUT2D eigenvalue weighted by molar-refractivity contribution is -0.143. The first-order valence-corrected chi connectivity index (χ1v) is 5.82. The van der Waals surface area contributed by atoms with E-state index in [4.69, 9.17) is 14.6 Å². The lowest BCUT2D eigenvalue weighted by atomic mass is 10.0. The summed E-state index contributed by atoms with van der Waals surface area (Å²) in [5.41, 5.74) is 0. The van der Waals surface area contributed by atoms with Crippen molar-refractivity contribution in [3.63, 3.8) is 0 Å². The zero-order valence-corrected chi connectivity index (χ0v) is 10.7. The van der Waals surface area contributed by atoms with Gasteiger partial charge in [-0.1, -0.05) is 0 Å². The van der Waals surface area contributed by atoms with Crippen LogP contribution in [0.1, 0.15) is 0 Å². The molecule has 18 heavy (non-hydrogen) atoms. The van der Waals surface area contributed by atoms with Crippen molar-refractivity contribution in [2.24, 2.45) is 5.92 Å². The standard InChI is InChI=1S/C11H20N2O5/c1-13(5-10(14)12-3-4-17-2)9-7-18-6-8(9)11(15)16/h8-9H,3-7H2,1-2H3,(H,12,14)(H,15,16). The fraction of sp³-hybridized carbons (Fsp3) is 0.818. The molecule has 1 saturated heterocycles. The molecule has 7 heteroatoms. The second kappa shape index (κ2) is 7.30. The van der Waals surface area contributed by atoms with Crippen molar-refractivity contribution in [1.82, 2.24) is 10.2 Å². The molecule has 0 saturated carbocycles. The molecule has 0 spiro atoms. The molecule has 2 N–H and O–H groups in total. The first-order chi connectivity index (χ1) is 8.56. The van der Waals surface area contributed by atoms with Crippen molar-refractivity contribution in [2.75, 3.05) is 47.1 Å². The molecular formula is C11H20N2O5. The van der Waals surface area contributed by atoms with Crippen molar-refractivity contribution in [1.29, 1.82) is 0 Å². The lowest BCUT2D eigenvalue weighted by Gasteiger charge is -2.25. The summed E-state index contributed by atoms with van der Waals surface area (Å²) < 4.78 is 9.98. The molecule has 0 bridgehead atoms. The summed E-state index contributed by atoms with van der Waals surface area (Å²) in [6.07, 6.45) is 0. The predicted molar refractivity (Wildman–Crippen MR) is 63.2 cm³/mol. The Balaban J connectivity index is 2.37. The number of methoxy groups -OCH3 is 1. The molecule has 2 unspecified atom stereocenters. The number of carboxylic acid groups (broad SMARTS) is 1. The van der Waals surface area contributed by atoms with Crippen LogP contribution in [0.3, 0.4) is 0 Å². The van der Waals surface area contributed by atoms with Gasteiger partial charge in [0.05, 0.1) is 32.3 Å². The average molecular weight is 260 g/mol. The number of nitrogens with one attached hydrogen (secondary N) is 1. The largest absolute Gasteiger partial charge is 0.481 e. The topological polar surface area (TPSA) is 88.1 Å². The molecule has 0 aromatic rings. The fourth-order valence-electron chi connectivity index (χ4n) is 1.91. The Kier molecular flexibility index (Phi) is 6.03. The third kappa shape index (κ3) is 4.25. The van der Waals surface area contributed by atoms with Crippen molar-refractivity contribution in [3.8, 4) is 0 Å². The Morgan fingerprint density at radius 2 is 2.22 bits per heavy atom. The van der Waals surface area contributed by atoms with Gasteiger partial charge in [-0.3, -0.25) is 14.5 Å². The molecule has 2 atom stereocenters. The second-order valence-electron chi connectivity index (χ2n) is 4.31. The highest BCUT2D eigenvalue weighted by Crippen LogP contribution is 2.18. The molecule has 7 nitrogen and oxygen atoms in total. The number of amides is 1. The second-order valence-corrected chi connectivity index (χ2v) is 4.31. The molecule has 0 aliphatic carbocycles. The van der Waals surface area contributed by atoms with Gasteiger partial charge in [0.25, 0.3) is 0 Å². The minimum Gasteiger partial charge on any atom is -0.481 e. The molecule has 0 radical (unpaired) electrons. The molecule has 1 amide bonds. The van der Waals surface area contributed by atoms with E-state index < -0.39 is 11.9 Å². The van der Waals surface area contributed by atoms with E-state index in [-0.39, 0.29) is 25.1 Å². The van der Waals surface area contributed by atoms with Crippen LogP contribution in [-0.2, 0) is 19.1 Å². The Labute approximate surface area is 106 Å². The quantitative estimate of drug-likeness (QED) is 0.558. The minimum atomic E-state index is -0.885. The zero-order chi connectivity index (χ0) is 13.5. The summed E-state index contributed by atoms with van der Waals surface area (Å²) in [7, 11) is 3.29. The monoisotopic (exact) mass is 260 g/mol. The first-order valence-electron chi connectivity index (χ1n) is 5.82. The molecule has 0 aromatic heterocycles. The van der Waals surface area contributed by atoms with Gasteiger partial charge in [-0.25, -0.2) is 0 Å². The maximum atomic E-state index is 11.6. The minimum absolute atomic E-state index is 0.148. The van der Waals surface area contributed by atoms with Crippen LogP contribution in [0.4, 0.5) is 0 Å². The van der Waals surface area contributed by atoms with E-state index >= 15 is 0 Å². The molecule has 1 aliphatic heterocycles. The van der Waals surface area contributed by atoms with Crippen LogP contribution in [0, 0.1) is 5.92 Å². The van der Waals surface area contributed by atoms with Gasteiger partial charge in [0.15, 0.2) is 0 Å². The van der Waals surface area contributed by atoms with Crippen LogP contribution in [0.2, 0.25) is 0 Å². The van der Waals surface area contributed by atoms with Crippen LogP contribution >= 0.6 is 0 Å². The van der Waals surface area contributed by atoms with E-state index in [0.717, 1.165) is 0 Å². The van der Waals surface area contributed by atoms with Gasteiger partial charge in [-0.05, 0) is 7.05 Å². The van der Waals surface area contributed by atoms with Gasteiger partial charge < -0.3 is 19.9 Å². The van der Waals surface area contributed by atoms with E-state index in [0.29, 0.717) is 19.8 Å². The number of ether oxygens (including phenoxy) is 2. The first kappa shape index (κ1) is 14.9. The number of nitrogens with zero attached hydrogens (tertiary/aromatic N) is 1. The molecule has 104 valence electrons. The fourth-order valence-corrected chi connectivity index (χ4v) is 1.91. The van der Waals surface area contributed by atoms with Gasteiger partial charge in [0.2, 0.25) is 5.91 Å². The highest BCUT2D eigenvalue weighted by molar-refractivity contribution is 5.78. The Bertz CT molecular complexity index is 297. The van der Waals surface area contributed by atoms with E-state index in [2.05, 4.69) is 5.32 Å². The van der Waals surface area contributed by atoms with Crippen LogP contribution in [0.5, 0.6) is 0 Å². The molecule has 1 fully saturated rings. The van der Waals surface area contributed by atoms with Gasteiger partial charge in [0, 0.05) is 19.7 Å². The SMILES string of the molecule is COCCNC(=O)CN(C)C1COCC1C(=O)O. The summed E-state index contributed by atoms with van der Waals surface area (Å²) in [6.45, 7) is 1.61. The van der Waals surface area contributed by atoms with Crippen LogP contribution in [0.25, 0.3) is 0 Å². The predicted octanol–water partition coefficient (Wildman–Crippen LogP) is -1.22. The van der Waals surface area contributed by atoms with Crippen molar-refractivity contribution >= 4 is 11.9 Å². The normalized spacial score (nSPS) is 23.3. The Morgan fingerprint density at radius 3 is 2.83 bits per heavy atom. The lowest BCUT2D eigenvalue weighted by Crippen LogP contribution is -2.46. The average Bonchev–Trinajstić information content (AvgIpc) is 2.78. The summed E-state index contributed by atoms with van der Waals surface area (Å²) in [6, 6.07) is -0.254. The van der Waals surface area contributed by atoms with Gasteiger partial charge in [-0.2, -0.15) is 0 Å². The molecule has 0 aromatic carbocycles. The summed E-state index contributed by atoms with van der Waals surface area (Å²) in [5, 5.41) is 11.7. The van der Waals surface area contributed by atoms with Gasteiger partial charge >= 0.3 is 5.97 Å². The van der Waals surface area contributed by atoms with Crippen LogP contribution in [-0.4, -0.2) is 75.0 Å². The van der Waals surface area contributed by atoms with Crippen molar-refractivity contribution < 1.29 is 24.2 Å². The summed E-state index contributed by atoms with van der Waals surface area (Å²) >= 11 is 0. The van der Waals surface area contributed by atoms with Crippen molar-refractivity contribution in [2.45, 2.75) is 6.04 Å². The van der Waals surface area contributed by atoms with Crippen molar-refractivity contribution in [3.05, 3.63) is 0 Å². The van der Waals surface area contributed by atoms with Gasteiger partial charge in [-0.15, -0.1) is 0 Å². The number of carbonyl (C=O) groups is 2.